The van der Waals surface area contributed by atoms with Crippen LogP contribution in [0, 0.1) is 6.92 Å². The number of H-pyrrole nitrogens is 1. The number of fused-ring (bicyclic) bond motifs is 1. The van der Waals surface area contributed by atoms with Gasteiger partial charge in [-0.3, -0.25) is 14.4 Å². The number of aryl methyl sites for hydroxylation is 1. The van der Waals surface area contributed by atoms with Gasteiger partial charge in [-0.25, -0.2) is 5.10 Å². The van der Waals surface area contributed by atoms with Crippen molar-refractivity contribution in [3.8, 4) is 5.75 Å². The molecule has 0 bridgehead atoms. The molecule has 1 aromatic heterocycles. The summed E-state index contributed by atoms with van der Waals surface area (Å²) in [6, 6.07) is 10.1. The fourth-order valence-electron chi connectivity index (χ4n) is 2.90. The number of methoxy groups -OCH3 is 1. The van der Waals surface area contributed by atoms with E-state index >= 15 is 0 Å². The van der Waals surface area contributed by atoms with E-state index in [9.17, 15) is 14.4 Å². The predicted octanol–water partition coefficient (Wildman–Crippen LogP) is 3.01. The van der Waals surface area contributed by atoms with Crippen LogP contribution in [0.3, 0.4) is 0 Å². The number of esters is 1. The summed E-state index contributed by atoms with van der Waals surface area (Å²) in [5.41, 5.74) is 1.19. The van der Waals surface area contributed by atoms with E-state index in [1.807, 2.05) is 0 Å². The number of aromatic amines is 1. The normalized spacial score (nSPS) is 11.7. The van der Waals surface area contributed by atoms with Crippen molar-refractivity contribution in [1.29, 1.82) is 0 Å². The van der Waals surface area contributed by atoms with E-state index in [4.69, 9.17) is 21.1 Å². The summed E-state index contributed by atoms with van der Waals surface area (Å²) in [5, 5.41) is 10.5. The molecule has 1 amide bonds. The Morgan fingerprint density at radius 3 is 2.63 bits per heavy atom. The molecular weight excluding hydrogens is 410 g/mol. The average Bonchev–Trinajstić information content (AvgIpc) is 2.72. The van der Waals surface area contributed by atoms with Gasteiger partial charge in [0.2, 0.25) is 0 Å². The van der Waals surface area contributed by atoms with Gasteiger partial charge in [0.05, 0.1) is 30.3 Å². The molecule has 0 aliphatic carbocycles. The van der Waals surface area contributed by atoms with Crippen LogP contribution in [0.25, 0.3) is 10.8 Å². The number of hydrogen-bond acceptors (Lipinski definition) is 6. The number of ether oxygens (including phenoxy) is 2. The fraction of sp³-hybridized carbons (Fsp3) is 0.238. The third-order valence-electron chi connectivity index (χ3n) is 4.50. The average molecular weight is 430 g/mol. The van der Waals surface area contributed by atoms with Crippen LogP contribution in [0.5, 0.6) is 5.75 Å². The summed E-state index contributed by atoms with van der Waals surface area (Å²) in [6.45, 7) is 3.25. The van der Waals surface area contributed by atoms with Crippen LogP contribution in [0.2, 0.25) is 5.02 Å². The molecule has 0 fully saturated rings. The highest BCUT2D eigenvalue weighted by Crippen LogP contribution is 2.31. The molecular formula is C21H20ClN3O5. The molecule has 0 aliphatic heterocycles. The number of aromatic nitrogens is 2. The van der Waals surface area contributed by atoms with Crippen molar-refractivity contribution in [1.82, 2.24) is 10.2 Å². The van der Waals surface area contributed by atoms with Gasteiger partial charge in [-0.15, -0.1) is 0 Å². The van der Waals surface area contributed by atoms with Crippen molar-refractivity contribution in [2.24, 2.45) is 0 Å². The Morgan fingerprint density at radius 2 is 1.93 bits per heavy atom. The molecule has 0 radical (unpaired) electrons. The molecule has 0 saturated carbocycles. The number of halogens is 1. The third kappa shape index (κ3) is 4.60. The maximum atomic E-state index is 12.5. The van der Waals surface area contributed by atoms with E-state index < -0.39 is 18.0 Å². The first-order valence-electron chi connectivity index (χ1n) is 9.11. The molecule has 0 saturated heterocycles. The van der Waals surface area contributed by atoms with Crippen LogP contribution in [0.1, 0.15) is 18.2 Å². The van der Waals surface area contributed by atoms with E-state index in [0.717, 1.165) is 5.56 Å². The Balaban J connectivity index is 1.69. The Hall–Kier alpha value is -3.39. The van der Waals surface area contributed by atoms with Gasteiger partial charge >= 0.3 is 5.97 Å². The minimum Gasteiger partial charge on any atom is -0.495 e. The first-order chi connectivity index (χ1) is 14.3. The van der Waals surface area contributed by atoms with E-state index in [0.29, 0.717) is 32.9 Å². The van der Waals surface area contributed by atoms with Crippen LogP contribution in [-0.4, -0.2) is 35.3 Å². The molecule has 2 N–H and O–H groups in total. The Bertz CT molecular complexity index is 1180. The molecule has 3 rings (SSSR count). The van der Waals surface area contributed by atoms with Gasteiger partial charge in [-0.1, -0.05) is 29.8 Å². The maximum absolute atomic E-state index is 12.5. The highest BCUT2D eigenvalue weighted by molar-refractivity contribution is 6.31. The number of rotatable bonds is 6. The second kappa shape index (κ2) is 8.96. The van der Waals surface area contributed by atoms with E-state index in [-0.39, 0.29) is 12.0 Å². The van der Waals surface area contributed by atoms with Gasteiger partial charge in [0.1, 0.15) is 5.75 Å². The molecule has 3 aromatic rings. The second-order valence-electron chi connectivity index (χ2n) is 6.64. The lowest BCUT2D eigenvalue weighted by Crippen LogP contribution is -2.31. The monoisotopic (exact) mass is 429 g/mol. The van der Waals surface area contributed by atoms with Crippen molar-refractivity contribution in [2.75, 3.05) is 12.4 Å². The van der Waals surface area contributed by atoms with Crippen LogP contribution in [0.15, 0.2) is 41.2 Å². The summed E-state index contributed by atoms with van der Waals surface area (Å²) >= 11 is 6.07. The number of nitrogens with one attached hydrogen (secondary N) is 2. The zero-order valence-electron chi connectivity index (χ0n) is 16.6. The van der Waals surface area contributed by atoms with E-state index in [1.54, 1.807) is 43.3 Å². The Morgan fingerprint density at radius 1 is 1.23 bits per heavy atom. The van der Waals surface area contributed by atoms with Gasteiger partial charge in [0.15, 0.2) is 6.10 Å². The molecule has 2 aromatic carbocycles. The lowest BCUT2D eigenvalue weighted by atomic mass is 10.1. The minimum atomic E-state index is -1.06. The number of carbonyl (C=O) groups is 2. The van der Waals surface area contributed by atoms with Crippen molar-refractivity contribution in [3.05, 3.63) is 63.0 Å². The van der Waals surface area contributed by atoms with Gasteiger partial charge < -0.3 is 14.8 Å². The minimum absolute atomic E-state index is 0.196. The van der Waals surface area contributed by atoms with Gasteiger partial charge in [0.25, 0.3) is 11.5 Å². The summed E-state index contributed by atoms with van der Waals surface area (Å²) in [4.78, 5) is 36.7. The first kappa shape index (κ1) is 21.3. The molecule has 156 valence electrons. The molecule has 8 nitrogen and oxygen atoms in total. The molecule has 0 aliphatic rings. The number of anilines is 1. The Kier molecular flexibility index (Phi) is 6.37. The molecule has 0 spiro atoms. The van der Waals surface area contributed by atoms with Crippen LogP contribution < -0.4 is 15.6 Å². The van der Waals surface area contributed by atoms with Gasteiger partial charge in [0, 0.05) is 16.5 Å². The number of nitrogens with zero attached hydrogens (tertiary/aromatic N) is 1. The molecule has 1 unspecified atom stereocenters. The van der Waals surface area contributed by atoms with Crippen molar-refractivity contribution in [3.63, 3.8) is 0 Å². The summed E-state index contributed by atoms with van der Waals surface area (Å²) in [7, 11) is 1.46. The standard InChI is InChI=1S/C21H20ClN3O5/c1-11-8-17(18(29-3)9-15(11)22)23-20(27)12(2)30-19(26)10-16-13-6-4-5-7-14(13)21(28)25-24-16/h4-9,12H,10H2,1-3H3,(H,23,27)(H,25,28). The van der Waals surface area contributed by atoms with E-state index in [2.05, 4.69) is 15.5 Å². The first-order valence-corrected chi connectivity index (χ1v) is 9.48. The largest absolute Gasteiger partial charge is 0.495 e. The predicted molar refractivity (Wildman–Crippen MR) is 113 cm³/mol. The maximum Gasteiger partial charge on any atom is 0.312 e. The molecule has 30 heavy (non-hydrogen) atoms. The van der Waals surface area contributed by atoms with Crippen LogP contribution in [0.4, 0.5) is 5.69 Å². The summed E-state index contributed by atoms with van der Waals surface area (Å²) in [5.74, 6) is -0.786. The second-order valence-corrected chi connectivity index (χ2v) is 7.05. The van der Waals surface area contributed by atoms with Gasteiger partial charge in [-0.2, -0.15) is 5.10 Å². The van der Waals surface area contributed by atoms with Crippen molar-refractivity contribution >= 4 is 39.9 Å². The molecule has 1 atom stereocenters. The van der Waals surface area contributed by atoms with Crippen molar-refractivity contribution < 1.29 is 19.1 Å². The van der Waals surface area contributed by atoms with Crippen LogP contribution in [-0.2, 0) is 20.7 Å². The zero-order chi connectivity index (χ0) is 21.8. The van der Waals surface area contributed by atoms with Crippen LogP contribution >= 0.6 is 11.6 Å². The number of amides is 1. The quantitative estimate of drug-likeness (QED) is 0.583. The number of hydrogen-bond donors (Lipinski definition) is 2. The van der Waals surface area contributed by atoms with E-state index in [1.165, 1.54) is 14.0 Å². The third-order valence-corrected chi connectivity index (χ3v) is 4.91. The summed E-state index contributed by atoms with van der Waals surface area (Å²) < 4.78 is 10.5. The zero-order valence-corrected chi connectivity index (χ0v) is 17.4. The van der Waals surface area contributed by atoms with Crippen molar-refractivity contribution in [2.45, 2.75) is 26.4 Å². The highest BCUT2D eigenvalue weighted by atomic mass is 35.5. The number of carbonyl (C=O) groups excluding carboxylic acids is 2. The van der Waals surface area contributed by atoms with Gasteiger partial charge in [-0.05, 0) is 31.5 Å². The lowest BCUT2D eigenvalue weighted by molar-refractivity contribution is -0.152. The highest BCUT2D eigenvalue weighted by Gasteiger charge is 2.21. The smallest absolute Gasteiger partial charge is 0.312 e. The SMILES string of the molecule is COc1cc(Cl)c(C)cc1NC(=O)C(C)OC(=O)Cc1n[nH]c(=O)c2ccccc12. The Labute approximate surface area is 177 Å². The topological polar surface area (TPSA) is 110 Å². The lowest BCUT2D eigenvalue weighted by Gasteiger charge is -2.16. The summed E-state index contributed by atoms with van der Waals surface area (Å²) in [6.07, 6.45) is -1.26. The molecule has 1 heterocycles. The fourth-order valence-corrected chi connectivity index (χ4v) is 3.05. The molecule has 9 heteroatoms. The number of benzene rings is 2.